The molecule has 0 aliphatic heterocycles. The number of carbonyl (C=O) groups is 3. The van der Waals surface area contributed by atoms with Gasteiger partial charge in [-0.25, -0.2) is 14.4 Å². The van der Waals surface area contributed by atoms with Crippen molar-refractivity contribution in [1.29, 1.82) is 0 Å². The number of ether oxygens (including phenoxy) is 4. The van der Waals surface area contributed by atoms with E-state index in [1.54, 1.807) is 60.7 Å². The molecule has 0 aliphatic carbocycles. The summed E-state index contributed by atoms with van der Waals surface area (Å²) in [5.74, 6) is -0.182. The lowest BCUT2D eigenvalue weighted by molar-refractivity contribution is -0.154. The summed E-state index contributed by atoms with van der Waals surface area (Å²) in [6.45, 7) is 8.73. The molecular weight excluding hydrogens is 592 g/mol. The Morgan fingerprint density at radius 1 is 0.596 bits per heavy atom. The third-order valence-corrected chi connectivity index (χ3v) is 8.20. The Morgan fingerprint density at radius 3 is 1.66 bits per heavy atom. The molecule has 2 unspecified atom stereocenters. The van der Waals surface area contributed by atoms with Gasteiger partial charge in [0.15, 0.2) is 6.10 Å². The van der Waals surface area contributed by atoms with Crippen LogP contribution in [-0.4, -0.2) is 37.2 Å². The number of esters is 3. The molecule has 7 nitrogen and oxygen atoms in total. The van der Waals surface area contributed by atoms with E-state index < -0.39 is 24.0 Å². The lowest BCUT2D eigenvalue weighted by Crippen LogP contribution is -2.27. The van der Waals surface area contributed by atoms with Crippen LogP contribution >= 0.6 is 0 Å². The Balaban J connectivity index is 1.38. The zero-order valence-corrected chi connectivity index (χ0v) is 28.6. The topological polar surface area (TPSA) is 88.1 Å². The number of rotatable bonds is 21. The van der Waals surface area contributed by atoms with E-state index in [0.717, 1.165) is 29.7 Å². The molecule has 3 aromatic carbocycles. The van der Waals surface area contributed by atoms with Crippen LogP contribution in [0.4, 0.5) is 0 Å². The van der Waals surface area contributed by atoms with Crippen molar-refractivity contribution in [2.75, 3.05) is 13.2 Å². The highest BCUT2D eigenvalue weighted by Gasteiger charge is 2.21. The van der Waals surface area contributed by atoms with E-state index >= 15 is 0 Å². The summed E-state index contributed by atoms with van der Waals surface area (Å²) < 4.78 is 21.9. The van der Waals surface area contributed by atoms with E-state index in [0.29, 0.717) is 30.1 Å². The summed E-state index contributed by atoms with van der Waals surface area (Å²) in [6.07, 6.45) is 12.7. The molecule has 0 saturated carbocycles. The van der Waals surface area contributed by atoms with Crippen LogP contribution in [-0.2, 0) is 14.3 Å². The largest absolute Gasteiger partial charge is 0.494 e. The molecule has 0 aromatic heterocycles. The van der Waals surface area contributed by atoms with Crippen LogP contribution in [0.15, 0.2) is 72.8 Å². The zero-order valence-electron chi connectivity index (χ0n) is 28.6. The van der Waals surface area contributed by atoms with E-state index in [2.05, 4.69) is 6.92 Å². The fraction of sp³-hybridized carbons (Fsp3) is 0.475. The summed E-state index contributed by atoms with van der Waals surface area (Å²) in [7, 11) is 0. The van der Waals surface area contributed by atoms with Gasteiger partial charge in [-0.1, -0.05) is 109 Å². The number of unbranched alkanes of at least 4 members (excludes halogenated alkanes) is 9. The summed E-state index contributed by atoms with van der Waals surface area (Å²) >= 11 is 0. The first kappa shape index (κ1) is 37.3. The average molecular weight is 645 g/mol. The molecule has 0 spiro atoms. The highest BCUT2D eigenvalue weighted by Crippen LogP contribution is 2.24. The minimum absolute atomic E-state index is 0.247. The molecule has 0 fully saturated rings. The predicted molar refractivity (Wildman–Crippen MR) is 186 cm³/mol. The van der Waals surface area contributed by atoms with Crippen molar-refractivity contribution in [3.05, 3.63) is 83.9 Å². The number of carbonyl (C=O) groups excluding carboxylic acids is 3. The first-order valence-corrected chi connectivity index (χ1v) is 17.3. The maximum absolute atomic E-state index is 12.7. The van der Waals surface area contributed by atoms with Crippen LogP contribution in [0.2, 0.25) is 0 Å². The molecule has 0 amide bonds. The maximum atomic E-state index is 12.7. The number of benzene rings is 3. The van der Waals surface area contributed by atoms with E-state index in [-0.39, 0.29) is 5.92 Å². The molecule has 47 heavy (non-hydrogen) atoms. The molecule has 0 bridgehead atoms. The molecule has 3 aromatic rings. The van der Waals surface area contributed by atoms with Gasteiger partial charge >= 0.3 is 17.9 Å². The van der Waals surface area contributed by atoms with Crippen LogP contribution in [0.3, 0.4) is 0 Å². The number of hydrogen-bond donors (Lipinski definition) is 0. The summed E-state index contributed by atoms with van der Waals surface area (Å²) in [5, 5.41) is 0. The lowest BCUT2D eigenvalue weighted by Gasteiger charge is -2.15. The van der Waals surface area contributed by atoms with Crippen molar-refractivity contribution < 1.29 is 33.3 Å². The van der Waals surface area contributed by atoms with Crippen molar-refractivity contribution in [3.8, 4) is 22.6 Å². The fourth-order valence-electron chi connectivity index (χ4n) is 4.88. The Bertz CT molecular complexity index is 1350. The minimum atomic E-state index is -0.994. The monoisotopic (exact) mass is 644 g/mol. The third kappa shape index (κ3) is 13.6. The van der Waals surface area contributed by atoms with E-state index in [1.165, 1.54) is 64.7 Å². The fourth-order valence-corrected chi connectivity index (χ4v) is 4.88. The summed E-state index contributed by atoms with van der Waals surface area (Å²) in [6, 6.07) is 21.1. The van der Waals surface area contributed by atoms with E-state index in [1.807, 2.05) is 26.0 Å². The van der Waals surface area contributed by atoms with Crippen molar-refractivity contribution in [3.63, 3.8) is 0 Å². The lowest BCUT2D eigenvalue weighted by atomic mass is 10.0. The molecule has 254 valence electrons. The van der Waals surface area contributed by atoms with Crippen LogP contribution < -0.4 is 9.47 Å². The normalized spacial score (nSPS) is 12.2. The Kier molecular flexibility index (Phi) is 16.6. The second-order valence-corrected chi connectivity index (χ2v) is 12.2. The van der Waals surface area contributed by atoms with Crippen LogP contribution in [0.25, 0.3) is 11.1 Å². The minimum Gasteiger partial charge on any atom is -0.494 e. The van der Waals surface area contributed by atoms with Gasteiger partial charge in [-0.2, -0.15) is 0 Å². The SMILES string of the molecule is CCCCCCCCCCCCOc1ccc(C(=O)Oc2ccc(-c3ccc(C(=O)OC(C)C(=O)OCC(C)CC)cc3)cc2)cc1. The third-order valence-electron chi connectivity index (χ3n) is 8.20. The van der Waals surface area contributed by atoms with Crippen molar-refractivity contribution in [2.45, 2.75) is 104 Å². The molecule has 0 radical (unpaired) electrons. The maximum Gasteiger partial charge on any atom is 0.347 e. The smallest absolute Gasteiger partial charge is 0.347 e. The van der Waals surface area contributed by atoms with Gasteiger partial charge in [0.25, 0.3) is 0 Å². The van der Waals surface area contributed by atoms with Gasteiger partial charge in [0.2, 0.25) is 0 Å². The molecular formula is C40H52O7. The number of hydrogen-bond acceptors (Lipinski definition) is 7. The van der Waals surface area contributed by atoms with E-state index in [9.17, 15) is 14.4 Å². The molecule has 0 heterocycles. The average Bonchev–Trinajstić information content (AvgIpc) is 3.10. The van der Waals surface area contributed by atoms with Gasteiger partial charge in [0.1, 0.15) is 11.5 Å². The second-order valence-electron chi connectivity index (χ2n) is 12.2. The molecule has 2 atom stereocenters. The van der Waals surface area contributed by atoms with E-state index in [4.69, 9.17) is 18.9 Å². The van der Waals surface area contributed by atoms with Gasteiger partial charge in [0, 0.05) is 0 Å². The zero-order chi connectivity index (χ0) is 33.9. The predicted octanol–water partition coefficient (Wildman–Crippen LogP) is 10.0. The van der Waals surface area contributed by atoms with Crippen molar-refractivity contribution in [1.82, 2.24) is 0 Å². The Hall–Kier alpha value is -4.13. The first-order valence-electron chi connectivity index (χ1n) is 17.3. The summed E-state index contributed by atoms with van der Waals surface area (Å²) in [4.78, 5) is 37.4. The standard InChI is InChI=1S/C40H52O7/c1-5-7-8-9-10-11-12-13-14-15-28-44-36-24-22-35(23-25-36)40(43)47-37-26-20-33(21-27-37)32-16-18-34(19-17-32)39(42)46-31(4)38(41)45-29-30(3)6-2/h16-27,30-31H,5-15,28-29H2,1-4H3. The molecule has 7 heteroatoms. The molecule has 0 saturated heterocycles. The van der Waals surface area contributed by atoms with Gasteiger partial charge in [-0.15, -0.1) is 0 Å². The molecule has 0 aliphatic rings. The second kappa shape index (κ2) is 20.9. The Morgan fingerprint density at radius 2 is 1.09 bits per heavy atom. The van der Waals surface area contributed by atoms with Crippen molar-refractivity contribution in [2.24, 2.45) is 5.92 Å². The van der Waals surface area contributed by atoms with Gasteiger partial charge in [-0.3, -0.25) is 0 Å². The molecule has 3 rings (SSSR count). The van der Waals surface area contributed by atoms with Gasteiger partial charge in [0.05, 0.1) is 24.3 Å². The van der Waals surface area contributed by atoms with Crippen LogP contribution in [0.5, 0.6) is 11.5 Å². The highest BCUT2D eigenvalue weighted by molar-refractivity contribution is 5.92. The van der Waals surface area contributed by atoms with Crippen LogP contribution in [0, 0.1) is 5.92 Å². The summed E-state index contributed by atoms with van der Waals surface area (Å²) in [5.41, 5.74) is 2.53. The van der Waals surface area contributed by atoms with Gasteiger partial charge < -0.3 is 18.9 Å². The highest BCUT2D eigenvalue weighted by atomic mass is 16.6. The van der Waals surface area contributed by atoms with Crippen molar-refractivity contribution >= 4 is 17.9 Å². The first-order chi connectivity index (χ1) is 22.8. The quantitative estimate of drug-likeness (QED) is 0.0648. The van der Waals surface area contributed by atoms with Gasteiger partial charge in [-0.05, 0) is 78.9 Å². The molecule has 0 N–H and O–H groups in total. The Labute approximate surface area is 281 Å². The van der Waals surface area contributed by atoms with Crippen LogP contribution in [0.1, 0.15) is 119 Å².